The highest BCUT2D eigenvalue weighted by Crippen LogP contribution is 2.27. The lowest BCUT2D eigenvalue weighted by atomic mass is 10.2. The van der Waals surface area contributed by atoms with Gasteiger partial charge < -0.3 is 5.32 Å². The Morgan fingerprint density at radius 1 is 1.58 bits per heavy atom. The van der Waals surface area contributed by atoms with Crippen LogP contribution in [0.1, 0.15) is 6.92 Å². The molecule has 0 aromatic heterocycles. The number of rotatable bonds is 0. The zero-order chi connectivity index (χ0) is 8.72. The maximum atomic E-state index is 11.2. The molecule has 2 heterocycles. The minimum Gasteiger partial charge on any atom is -0.311 e. The van der Waals surface area contributed by atoms with Crippen LogP contribution in [0.25, 0.3) is 0 Å². The summed E-state index contributed by atoms with van der Waals surface area (Å²) in [6, 6.07) is 0. The van der Waals surface area contributed by atoms with Crippen molar-refractivity contribution in [3.63, 3.8) is 0 Å². The Balaban J connectivity index is 2.48. The molecule has 0 radical (unpaired) electrons. The van der Waals surface area contributed by atoms with Crippen LogP contribution in [0.3, 0.4) is 0 Å². The number of nitrogens with one attached hydrogen (secondary N) is 1. The number of azo groups is 1. The third-order valence-corrected chi connectivity index (χ3v) is 1.87. The van der Waals surface area contributed by atoms with Crippen LogP contribution in [0.4, 0.5) is 0 Å². The summed E-state index contributed by atoms with van der Waals surface area (Å²) in [5.74, 6) is 0.279. The molecule has 2 aliphatic heterocycles. The highest BCUT2D eigenvalue weighted by molar-refractivity contribution is 6.32. The Kier molecular flexibility index (Phi) is 1.47. The number of nitrogens with zero attached hydrogens (tertiary/aromatic N) is 3. The van der Waals surface area contributed by atoms with Gasteiger partial charge in [0.1, 0.15) is 11.4 Å². The molecule has 2 aliphatic rings. The molecule has 1 atom stereocenters. The van der Waals surface area contributed by atoms with E-state index in [1.807, 2.05) is 0 Å². The number of aliphatic imine (C=N–C) groups is 1. The molecule has 0 bridgehead atoms. The van der Waals surface area contributed by atoms with E-state index in [1.54, 1.807) is 6.92 Å². The van der Waals surface area contributed by atoms with Crippen LogP contribution in [-0.4, -0.2) is 17.9 Å². The Hall–Kier alpha value is -1.23. The first kappa shape index (κ1) is 7.42. The van der Waals surface area contributed by atoms with Crippen molar-refractivity contribution >= 4 is 23.3 Å². The van der Waals surface area contributed by atoms with E-state index >= 15 is 0 Å². The fourth-order valence-corrected chi connectivity index (χ4v) is 1.30. The lowest BCUT2D eigenvalue weighted by Crippen LogP contribution is -2.37. The van der Waals surface area contributed by atoms with Gasteiger partial charge in [-0.25, -0.2) is 4.99 Å². The largest absolute Gasteiger partial charge is 0.311 e. The molecule has 0 aromatic rings. The molecule has 6 heteroatoms. The minimum atomic E-state index is -0.522. The molecule has 0 spiro atoms. The fourth-order valence-electron chi connectivity index (χ4n) is 1.07. The normalized spacial score (nSPS) is 27.0. The lowest BCUT2D eigenvalue weighted by molar-refractivity contribution is -0.116. The molecule has 0 saturated carbocycles. The average molecular weight is 185 g/mol. The van der Waals surface area contributed by atoms with Gasteiger partial charge in [-0.1, -0.05) is 11.6 Å². The van der Waals surface area contributed by atoms with Gasteiger partial charge in [0, 0.05) is 0 Å². The molecular formula is C6H5ClN4O. The SMILES string of the molecule is CC1=NC2N=NC(Cl)=C2C(=O)N1. The van der Waals surface area contributed by atoms with E-state index in [-0.39, 0.29) is 11.1 Å². The van der Waals surface area contributed by atoms with Gasteiger partial charge in [-0.3, -0.25) is 4.79 Å². The Morgan fingerprint density at radius 2 is 2.33 bits per heavy atom. The summed E-state index contributed by atoms with van der Waals surface area (Å²) in [5, 5.41) is 9.94. The summed E-state index contributed by atoms with van der Waals surface area (Å²) in [6.07, 6.45) is -0.522. The standard InChI is InChI=1S/C6H5ClN4O/c1-2-8-5-3(6(12)9-2)4(7)10-11-5/h5H,1H3,(H,8,9,12). The summed E-state index contributed by atoms with van der Waals surface area (Å²) >= 11 is 5.62. The van der Waals surface area contributed by atoms with Crippen molar-refractivity contribution < 1.29 is 4.79 Å². The minimum absolute atomic E-state index is 0.133. The van der Waals surface area contributed by atoms with E-state index in [0.717, 1.165) is 0 Å². The smallest absolute Gasteiger partial charge is 0.259 e. The predicted octanol–water partition coefficient (Wildman–Crippen LogP) is 0.777. The zero-order valence-electron chi connectivity index (χ0n) is 6.21. The van der Waals surface area contributed by atoms with Gasteiger partial charge in [0.15, 0.2) is 11.3 Å². The van der Waals surface area contributed by atoms with Gasteiger partial charge in [0.25, 0.3) is 5.91 Å². The van der Waals surface area contributed by atoms with Crippen molar-refractivity contribution in [3.8, 4) is 0 Å². The van der Waals surface area contributed by atoms with Gasteiger partial charge in [0.2, 0.25) is 0 Å². The quantitative estimate of drug-likeness (QED) is 0.556. The molecule has 62 valence electrons. The summed E-state index contributed by atoms with van der Waals surface area (Å²) in [7, 11) is 0. The number of fused-ring (bicyclic) bond motifs is 1. The summed E-state index contributed by atoms with van der Waals surface area (Å²) < 4.78 is 0. The van der Waals surface area contributed by atoms with Crippen molar-refractivity contribution in [3.05, 3.63) is 10.7 Å². The Morgan fingerprint density at radius 3 is 3.08 bits per heavy atom. The van der Waals surface area contributed by atoms with Crippen LogP contribution >= 0.6 is 11.6 Å². The highest BCUT2D eigenvalue weighted by atomic mass is 35.5. The number of hydrogen-bond acceptors (Lipinski definition) is 4. The van der Waals surface area contributed by atoms with Gasteiger partial charge >= 0.3 is 0 Å². The first-order valence-electron chi connectivity index (χ1n) is 3.35. The van der Waals surface area contributed by atoms with E-state index in [4.69, 9.17) is 11.6 Å². The van der Waals surface area contributed by atoms with Crippen LogP contribution in [-0.2, 0) is 4.79 Å². The van der Waals surface area contributed by atoms with Crippen molar-refractivity contribution in [2.75, 3.05) is 0 Å². The third-order valence-electron chi connectivity index (χ3n) is 1.59. The third kappa shape index (κ3) is 0.937. The second-order valence-corrected chi connectivity index (χ2v) is 2.82. The van der Waals surface area contributed by atoms with Gasteiger partial charge in [-0.2, -0.15) is 5.11 Å². The van der Waals surface area contributed by atoms with Crippen molar-refractivity contribution in [1.29, 1.82) is 0 Å². The van der Waals surface area contributed by atoms with E-state index in [0.29, 0.717) is 11.4 Å². The Bertz CT molecular complexity index is 343. The highest BCUT2D eigenvalue weighted by Gasteiger charge is 2.32. The van der Waals surface area contributed by atoms with Gasteiger partial charge in [0.05, 0.1) is 0 Å². The number of carbonyl (C=O) groups is 1. The van der Waals surface area contributed by atoms with Gasteiger partial charge in [-0.05, 0) is 6.92 Å². The molecule has 1 amide bonds. The van der Waals surface area contributed by atoms with E-state index < -0.39 is 6.17 Å². The number of amidine groups is 1. The van der Waals surface area contributed by atoms with Crippen LogP contribution in [0.2, 0.25) is 0 Å². The van der Waals surface area contributed by atoms with Crippen molar-refractivity contribution in [2.45, 2.75) is 13.1 Å². The molecule has 12 heavy (non-hydrogen) atoms. The molecule has 0 aromatic carbocycles. The van der Waals surface area contributed by atoms with E-state index in [9.17, 15) is 4.79 Å². The number of halogens is 1. The summed E-state index contributed by atoms with van der Waals surface area (Å²) in [4.78, 5) is 15.3. The molecule has 1 N–H and O–H groups in total. The molecule has 5 nitrogen and oxygen atoms in total. The average Bonchev–Trinajstić information content (AvgIpc) is 2.31. The maximum Gasteiger partial charge on any atom is 0.259 e. The first-order chi connectivity index (χ1) is 5.68. The van der Waals surface area contributed by atoms with Gasteiger partial charge in [-0.15, -0.1) is 5.11 Å². The van der Waals surface area contributed by atoms with Crippen LogP contribution in [0, 0.1) is 0 Å². The topological polar surface area (TPSA) is 66.2 Å². The van der Waals surface area contributed by atoms with Crippen LogP contribution < -0.4 is 5.32 Å². The van der Waals surface area contributed by atoms with Crippen molar-refractivity contribution in [1.82, 2.24) is 5.32 Å². The molecular weight excluding hydrogens is 180 g/mol. The fraction of sp³-hybridized carbons (Fsp3) is 0.333. The molecule has 0 saturated heterocycles. The molecule has 1 unspecified atom stereocenters. The van der Waals surface area contributed by atoms with Crippen molar-refractivity contribution in [2.24, 2.45) is 15.2 Å². The Labute approximate surface area is 73.2 Å². The molecule has 0 fully saturated rings. The maximum absolute atomic E-state index is 11.2. The number of carbonyl (C=O) groups excluding carboxylic acids is 1. The van der Waals surface area contributed by atoms with Crippen LogP contribution in [0.15, 0.2) is 26.0 Å². The first-order valence-corrected chi connectivity index (χ1v) is 3.72. The summed E-state index contributed by atoms with van der Waals surface area (Å²) in [6.45, 7) is 1.69. The zero-order valence-corrected chi connectivity index (χ0v) is 6.96. The molecule has 0 aliphatic carbocycles. The predicted molar refractivity (Wildman–Crippen MR) is 42.8 cm³/mol. The molecule has 2 rings (SSSR count). The van der Waals surface area contributed by atoms with E-state index in [1.165, 1.54) is 0 Å². The van der Waals surface area contributed by atoms with Crippen LogP contribution in [0.5, 0.6) is 0 Å². The second-order valence-electron chi connectivity index (χ2n) is 2.46. The number of hydrogen-bond donors (Lipinski definition) is 1. The van der Waals surface area contributed by atoms with E-state index in [2.05, 4.69) is 20.5 Å². The lowest BCUT2D eigenvalue weighted by Gasteiger charge is -2.14. The summed E-state index contributed by atoms with van der Waals surface area (Å²) in [5.41, 5.74) is 0.335. The second kappa shape index (κ2) is 2.38. The number of amides is 1. The monoisotopic (exact) mass is 184 g/mol.